The van der Waals surface area contributed by atoms with Crippen LogP contribution in [0.5, 0.6) is 5.75 Å². The zero-order valence-electron chi connectivity index (χ0n) is 8.55. The Labute approximate surface area is 79.9 Å². The molecule has 2 nitrogen and oxygen atoms in total. The first-order valence-electron chi connectivity index (χ1n) is 4.56. The summed E-state index contributed by atoms with van der Waals surface area (Å²) in [7, 11) is 3.68. The fourth-order valence-electron chi connectivity index (χ4n) is 1.29. The maximum atomic E-state index is 5.25. The van der Waals surface area contributed by atoms with Crippen LogP contribution in [0.2, 0.25) is 0 Å². The highest BCUT2D eigenvalue weighted by Crippen LogP contribution is 2.18. The van der Waals surface area contributed by atoms with Crippen LogP contribution in [-0.2, 0) is 6.42 Å². The Morgan fingerprint density at radius 2 is 2.15 bits per heavy atom. The van der Waals surface area contributed by atoms with Crippen molar-refractivity contribution >= 4 is 0 Å². The fourth-order valence-corrected chi connectivity index (χ4v) is 1.29. The number of ether oxygens (including phenoxy) is 1. The minimum absolute atomic E-state index is 0.980. The van der Waals surface area contributed by atoms with Crippen molar-refractivity contribution in [3.63, 3.8) is 0 Å². The Balaban J connectivity index is 2.74. The van der Waals surface area contributed by atoms with Crippen molar-refractivity contribution < 1.29 is 4.74 Å². The molecule has 0 radical (unpaired) electrons. The molecular weight excluding hydrogens is 162 g/mol. The highest BCUT2D eigenvalue weighted by molar-refractivity contribution is 5.36. The molecule has 0 heterocycles. The van der Waals surface area contributed by atoms with Crippen LogP contribution in [0, 0.1) is 6.92 Å². The lowest BCUT2D eigenvalue weighted by molar-refractivity contribution is 0.411. The molecule has 0 aliphatic heterocycles. The number of benzene rings is 1. The highest BCUT2D eigenvalue weighted by atomic mass is 16.5. The number of likely N-dealkylation sites (N-methyl/N-ethyl adjacent to an activating group) is 1. The second kappa shape index (κ2) is 4.87. The van der Waals surface area contributed by atoms with E-state index in [1.54, 1.807) is 7.11 Å². The smallest absolute Gasteiger partial charge is 0.122 e. The molecule has 0 bridgehead atoms. The molecule has 0 saturated carbocycles. The summed E-state index contributed by atoms with van der Waals surface area (Å²) in [6.07, 6.45) is 1.05. The average molecular weight is 179 g/mol. The predicted octanol–water partition coefficient (Wildman–Crippen LogP) is 1.77. The molecule has 2 heteroatoms. The first-order valence-corrected chi connectivity index (χ1v) is 4.56. The van der Waals surface area contributed by atoms with E-state index in [1.165, 1.54) is 11.1 Å². The number of methoxy groups -OCH3 is 1. The number of rotatable bonds is 4. The van der Waals surface area contributed by atoms with Gasteiger partial charge in [0.1, 0.15) is 5.75 Å². The summed E-state index contributed by atoms with van der Waals surface area (Å²) in [4.78, 5) is 0. The molecule has 0 saturated heterocycles. The van der Waals surface area contributed by atoms with Crippen LogP contribution in [-0.4, -0.2) is 20.7 Å². The van der Waals surface area contributed by atoms with E-state index in [0.29, 0.717) is 0 Å². The van der Waals surface area contributed by atoms with Gasteiger partial charge < -0.3 is 10.1 Å². The van der Waals surface area contributed by atoms with Gasteiger partial charge in [0.25, 0.3) is 0 Å². The minimum Gasteiger partial charge on any atom is -0.496 e. The van der Waals surface area contributed by atoms with Crippen molar-refractivity contribution in [2.45, 2.75) is 13.3 Å². The number of nitrogens with one attached hydrogen (secondary N) is 1. The maximum Gasteiger partial charge on any atom is 0.122 e. The van der Waals surface area contributed by atoms with Gasteiger partial charge in [-0.15, -0.1) is 0 Å². The third kappa shape index (κ3) is 2.74. The topological polar surface area (TPSA) is 21.3 Å². The Morgan fingerprint density at radius 3 is 2.77 bits per heavy atom. The van der Waals surface area contributed by atoms with E-state index >= 15 is 0 Å². The molecule has 0 aliphatic rings. The van der Waals surface area contributed by atoms with Gasteiger partial charge in [-0.25, -0.2) is 0 Å². The van der Waals surface area contributed by atoms with Gasteiger partial charge >= 0.3 is 0 Å². The van der Waals surface area contributed by atoms with Crippen molar-refractivity contribution in [2.75, 3.05) is 20.7 Å². The average Bonchev–Trinajstić information content (AvgIpc) is 2.16. The predicted molar refractivity (Wildman–Crippen MR) is 55.4 cm³/mol. The third-order valence-electron chi connectivity index (χ3n) is 2.14. The number of hydrogen-bond donors (Lipinski definition) is 1. The molecule has 0 spiro atoms. The summed E-state index contributed by atoms with van der Waals surface area (Å²) in [5.74, 6) is 0.980. The van der Waals surface area contributed by atoms with Crippen molar-refractivity contribution in [3.05, 3.63) is 29.3 Å². The summed E-state index contributed by atoms with van der Waals surface area (Å²) in [5, 5.41) is 3.13. The molecule has 1 aromatic rings. The molecule has 1 aromatic carbocycles. The van der Waals surface area contributed by atoms with Gasteiger partial charge in [0.2, 0.25) is 0 Å². The van der Waals surface area contributed by atoms with Crippen molar-refractivity contribution in [1.82, 2.24) is 5.32 Å². The Hall–Kier alpha value is -1.02. The van der Waals surface area contributed by atoms with E-state index < -0.39 is 0 Å². The van der Waals surface area contributed by atoms with Gasteiger partial charge in [-0.1, -0.05) is 12.1 Å². The van der Waals surface area contributed by atoms with E-state index in [1.807, 2.05) is 7.05 Å². The molecular formula is C11H17NO. The molecule has 0 aliphatic carbocycles. The fraction of sp³-hybridized carbons (Fsp3) is 0.455. The van der Waals surface area contributed by atoms with Gasteiger partial charge in [-0.3, -0.25) is 0 Å². The lowest BCUT2D eigenvalue weighted by atomic mass is 10.1. The first-order chi connectivity index (χ1) is 6.27. The molecule has 0 aromatic heterocycles. The van der Waals surface area contributed by atoms with Crippen LogP contribution in [0.25, 0.3) is 0 Å². The van der Waals surface area contributed by atoms with Crippen LogP contribution < -0.4 is 10.1 Å². The largest absolute Gasteiger partial charge is 0.496 e. The van der Waals surface area contributed by atoms with Gasteiger partial charge in [0, 0.05) is 0 Å². The van der Waals surface area contributed by atoms with Crippen LogP contribution in [0.4, 0.5) is 0 Å². The minimum atomic E-state index is 0.980. The standard InChI is InChI=1S/C11H17NO/c1-9-4-5-10(6-7-12-2)8-11(9)13-3/h4-5,8,12H,6-7H2,1-3H3. The molecule has 0 atom stereocenters. The Bertz CT molecular complexity index is 271. The monoisotopic (exact) mass is 179 g/mol. The third-order valence-corrected chi connectivity index (χ3v) is 2.14. The molecule has 1 N–H and O–H groups in total. The first kappa shape index (κ1) is 10.1. The van der Waals surface area contributed by atoms with Gasteiger partial charge in [0.05, 0.1) is 7.11 Å². The lowest BCUT2D eigenvalue weighted by Gasteiger charge is -2.07. The second-order valence-electron chi connectivity index (χ2n) is 3.16. The molecule has 0 unspecified atom stereocenters. The van der Waals surface area contributed by atoms with Crippen molar-refractivity contribution in [2.24, 2.45) is 0 Å². The summed E-state index contributed by atoms with van der Waals surface area (Å²) in [6.45, 7) is 3.06. The SMILES string of the molecule is CNCCc1ccc(C)c(OC)c1. The number of aryl methyl sites for hydroxylation is 1. The van der Waals surface area contributed by atoms with Crippen LogP contribution >= 0.6 is 0 Å². The molecule has 13 heavy (non-hydrogen) atoms. The molecule has 0 amide bonds. The Kier molecular flexibility index (Phi) is 3.77. The molecule has 1 rings (SSSR count). The van der Waals surface area contributed by atoms with E-state index in [0.717, 1.165) is 18.7 Å². The van der Waals surface area contributed by atoms with Gasteiger partial charge in [-0.05, 0) is 44.1 Å². The summed E-state index contributed by atoms with van der Waals surface area (Å²) in [6, 6.07) is 6.35. The van der Waals surface area contributed by atoms with E-state index in [2.05, 4.69) is 30.4 Å². The number of hydrogen-bond acceptors (Lipinski definition) is 2. The van der Waals surface area contributed by atoms with Gasteiger partial charge in [-0.2, -0.15) is 0 Å². The quantitative estimate of drug-likeness (QED) is 0.760. The normalized spacial score (nSPS) is 10.1. The van der Waals surface area contributed by atoms with Crippen LogP contribution in [0.3, 0.4) is 0 Å². The van der Waals surface area contributed by atoms with Crippen molar-refractivity contribution in [1.29, 1.82) is 0 Å². The summed E-state index contributed by atoms with van der Waals surface area (Å²) in [5.41, 5.74) is 2.51. The van der Waals surface area contributed by atoms with E-state index in [9.17, 15) is 0 Å². The zero-order chi connectivity index (χ0) is 9.68. The van der Waals surface area contributed by atoms with Crippen LogP contribution in [0.1, 0.15) is 11.1 Å². The highest BCUT2D eigenvalue weighted by Gasteiger charge is 1.99. The van der Waals surface area contributed by atoms with E-state index in [4.69, 9.17) is 4.74 Å². The van der Waals surface area contributed by atoms with Crippen molar-refractivity contribution in [3.8, 4) is 5.75 Å². The molecule has 72 valence electrons. The summed E-state index contributed by atoms with van der Waals surface area (Å²) >= 11 is 0. The maximum absolute atomic E-state index is 5.25. The van der Waals surface area contributed by atoms with Crippen LogP contribution in [0.15, 0.2) is 18.2 Å². The van der Waals surface area contributed by atoms with Gasteiger partial charge in [0.15, 0.2) is 0 Å². The summed E-state index contributed by atoms with van der Waals surface area (Å²) < 4.78 is 5.25. The van der Waals surface area contributed by atoms with E-state index in [-0.39, 0.29) is 0 Å². The lowest BCUT2D eigenvalue weighted by Crippen LogP contribution is -2.10. The Morgan fingerprint density at radius 1 is 1.38 bits per heavy atom. The molecule has 0 fully saturated rings. The second-order valence-corrected chi connectivity index (χ2v) is 3.16. The zero-order valence-corrected chi connectivity index (χ0v) is 8.55.